The molecule has 1 aromatic rings. The van der Waals surface area contributed by atoms with Gasteiger partial charge in [-0.25, -0.2) is 0 Å². The van der Waals surface area contributed by atoms with Gasteiger partial charge in [-0.15, -0.1) is 0 Å². The largest absolute Gasteiger partial charge is 0.354 e. The molecule has 0 radical (unpaired) electrons. The van der Waals surface area contributed by atoms with Gasteiger partial charge in [-0.2, -0.15) is 0 Å². The first-order chi connectivity index (χ1) is 10.0. The van der Waals surface area contributed by atoms with Crippen molar-refractivity contribution in [2.24, 2.45) is 0 Å². The monoisotopic (exact) mass is 292 g/mol. The quantitative estimate of drug-likeness (QED) is 0.802. The minimum absolute atomic E-state index is 0.0105. The Hall–Kier alpha value is -1.92. The molecule has 1 heterocycles. The van der Waals surface area contributed by atoms with Crippen LogP contribution in [0, 0.1) is 0 Å². The second kappa shape index (κ2) is 6.69. The number of anilines is 1. The number of benzene rings is 1. The Labute approximate surface area is 123 Å². The zero-order valence-corrected chi connectivity index (χ0v) is 12.4. The summed E-state index contributed by atoms with van der Waals surface area (Å²) in [5.74, 6) is -0.183. The Kier molecular flexibility index (Phi) is 4.93. The van der Waals surface area contributed by atoms with Crippen molar-refractivity contribution in [2.45, 2.75) is 32.1 Å². The Morgan fingerprint density at radius 1 is 1.29 bits per heavy atom. The van der Waals surface area contributed by atoms with Gasteiger partial charge in [0.25, 0.3) is 5.91 Å². The number of methoxy groups -OCH3 is 2. The van der Waals surface area contributed by atoms with Crippen molar-refractivity contribution >= 4 is 17.5 Å². The summed E-state index contributed by atoms with van der Waals surface area (Å²) in [7, 11) is 3.05. The molecule has 2 rings (SSSR count). The van der Waals surface area contributed by atoms with Crippen LogP contribution in [0.25, 0.3) is 0 Å². The average Bonchev–Trinajstić information content (AvgIpc) is 2.47. The van der Waals surface area contributed by atoms with Crippen LogP contribution in [-0.2, 0) is 20.7 Å². The molecular weight excluding hydrogens is 272 g/mol. The number of carbonyl (C=O) groups excluding carboxylic acids is 2. The van der Waals surface area contributed by atoms with Crippen molar-refractivity contribution in [3.05, 3.63) is 29.3 Å². The second-order valence-corrected chi connectivity index (χ2v) is 5.02. The van der Waals surface area contributed by atoms with Crippen LogP contribution >= 0.6 is 0 Å². The summed E-state index contributed by atoms with van der Waals surface area (Å²) < 4.78 is 10.2. The lowest BCUT2D eigenvalue weighted by atomic mass is 10.00. The predicted molar refractivity (Wildman–Crippen MR) is 78.1 cm³/mol. The molecule has 1 aromatic carbocycles. The van der Waals surface area contributed by atoms with E-state index >= 15 is 0 Å². The third kappa shape index (κ3) is 3.59. The Morgan fingerprint density at radius 2 is 2.00 bits per heavy atom. The maximum absolute atomic E-state index is 12.2. The summed E-state index contributed by atoms with van der Waals surface area (Å²) >= 11 is 0. The van der Waals surface area contributed by atoms with Crippen molar-refractivity contribution in [1.29, 1.82) is 0 Å². The third-order valence-corrected chi connectivity index (χ3v) is 3.49. The number of hydrogen-bond donors (Lipinski definition) is 2. The van der Waals surface area contributed by atoms with Crippen LogP contribution in [0.15, 0.2) is 18.2 Å². The lowest BCUT2D eigenvalue weighted by Gasteiger charge is -2.22. The van der Waals surface area contributed by atoms with Gasteiger partial charge in [-0.1, -0.05) is 0 Å². The first-order valence-electron chi connectivity index (χ1n) is 6.84. The highest BCUT2D eigenvalue weighted by Crippen LogP contribution is 2.23. The lowest BCUT2D eigenvalue weighted by Crippen LogP contribution is -2.43. The smallest absolute Gasteiger partial charge is 0.251 e. The van der Waals surface area contributed by atoms with Crippen LogP contribution in [0.5, 0.6) is 0 Å². The van der Waals surface area contributed by atoms with E-state index in [2.05, 4.69) is 10.6 Å². The summed E-state index contributed by atoms with van der Waals surface area (Å²) in [6, 6.07) is 4.99. The van der Waals surface area contributed by atoms with Crippen LogP contribution in [0.3, 0.4) is 0 Å². The highest BCUT2D eigenvalue weighted by molar-refractivity contribution is 5.98. The predicted octanol–water partition coefficient (Wildman–Crippen LogP) is 1.31. The first-order valence-corrected chi connectivity index (χ1v) is 6.84. The molecule has 0 bridgehead atoms. The topological polar surface area (TPSA) is 76.7 Å². The highest BCUT2D eigenvalue weighted by Gasteiger charge is 2.20. The molecular formula is C15H20N2O4. The van der Waals surface area contributed by atoms with Gasteiger partial charge in [0, 0.05) is 31.9 Å². The van der Waals surface area contributed by atoms with Crippen molar-refractivity contribution in [1.82, 2.24) is 5.32 Å². The number of hydrogen-bond acceptors (Lipinski definition) is 4. The van der Waals surface area contributed by atoms with E-state index in [1.54, 1.807) is 12.1 Å². The van der Waals surface area contributed by atoms with E-state index < -0.39 is 6.29 Å². The van der Waals surface area contributed by atoms with Gasteiger partial charge >= 0.3 is 0 Å². The first kappa shape index (κ1) is 15.5. The van der Waals surface area contributed by atoms with E-state index in [0.717, 1.165) is 11.3 Å². The third-order valence-electron chi connectivity index (χ3n) is 3.49. The number of rotatable bonds is 5. The van der Waals surface area contributed by atoms with Crippen LogP contribution < -0.4 is 10.6 Å². The molecule has 21 heavy (non-hydrogen) atoms. The molecule has 1 unspecified atom stereocenters. The normalized spacial score (nSPS) is 15.3. The molecule has 0 aliphatic carbocycles. The Morgan fingerprint density at radius 3 is 2.67 bits per heavy atom. The van der Waals surface area contributed by atoms with Gasteiger partial charge in [-0.05, 0) is 37.1 Å². The number of fused-ring (bicyclic) bond motifs is 1. The van der Waals surface area contributed by atoms with Gasteiger partial charge in [0.2, 0.25) is 5.91 Å². The van der Waals surface area contributed by atoms with Crippen molar-refractivity contribution < 1.29 is 19.1 Å². The minimum atomic E-state index is -0.495. The molecule has 0 saturated heterocycles. The number of carbonyl (C=O) groups is 2. The zero-order chi connectivity index (χ0) is 15.4. The molecule has 0 saturated carbocycles. The van der Waals surface area contributed by atoms with E-state index in [9.17, 15) is 9.59 Å². The summed E-state index contributed by atoms with van der Waals surface area (Å²) in [5.41, 5.74) is 2.31. The number of amides is 2. The molecule has 2 amide bonds. The van der Waals surface area contributed by atoms with Crippen LogP contribution in [0.1, 0.15) is 29.3 Å². The molecule has 6 heteroatoms. The fourth-order valence-corrected chi connectivity index (χ4v) is 2.39. The fourth-order valence-electron chi connectivity index (χ4n) is 2.39. The van der Waals surface area contributed by atoms with Gasteiger partial charge in [0.1, 0.15) is 0 Å². The molecule has 1 aliphatic heterocycles. The fraction of sp³-hybridized carbons (Fsp3) is 0.467. The minimum Gasteiger partial charge on any atom is -0.354 e. The van der Waals surface area contributed by atoms with Crippen molar-refractivity contribution in [3.63, 3.8) is 0 Å². The van der Waals surface area contributed by atoms with Crippen LogP contribution in [0.2, 0.25) is 0 Å². The Bertz CT molecular complexity index is 540. The van der Waals surface area contributed by atoms with E-state index in [1.165, 1.54) is 14.2 Å². The Balaban J connectivity index is 2.08. The molecule has 0 fully saturated rings. The number of ether oxygens (including phenoxy) is 2. The molecule has 1 atom stereocenters. The zero-order valence-electron chi connectivity index (χ0n) is 12.4. The van der Waals surface area contributed by atoms with Crippen LogP contribution in [-0.4, -0.2) is 38.4 Å². The molecule has 114 valence electrons. The highest BCUT2D eigenvalue weighted by atomic mass is 16.7. The summed E-state index contributed by atoms with van der Waals surface area (Å²) in [6.07, 6.45) is 0.603. The summed E-state index contributed by atoms with van der Waals surface area (Å²) in [4.78, 5) is 23.5. The van der Waals surface area contributed by atoms with E-state index in [0.29, 0.717) is 18.4 Å². The summed E-state index contributed by atoms with van der Waals surface area (Å²) in [5, 5.41) is 5.63. The maximum Gasteiger partial charge on any atom is 0.251 e. The maximum atomic E-state index is 12.2. The van der Waals surface area contributed by atoms with Gasteiger partial charge in [0.05, 0.1) is 6.04 Å². The molecule has 0 aromatic heterocycles. The summed E-state index contributed by atoms with van der Waals surface area (Å²) in [6.45, 7) is 1.81. The van der Waals surface area contributed by atoms with Crippen molar-refractivity contribution in [2.75, 3.05) is 19.5 Å². The van der Waals surface area contributed by atoms with E-state index in [4.69, 9.17) is 9.47 Å². The van der Waals surface area contributed by atoms with Crippen molar-refractivity contribution in [3.8, 4) is 0 Å². The average molecular weight is 292 g/mol. The molecule has 2 N–H and O–H groups in total. The van der Waals surface area contributed by atoms with E-state index in [1.807, 2.05) is 13.0 Å². The van der Waals surface area contributed by atoms with Crippen LogP contribution in [0.4, 0.5) is 5.69 Å². The standard InChI is InChI=1S/C15H20N2O4/c1-9(15(20-2)21-3)16-14(19)11-4-6-12-10(8-11)5-7-13(18)17-12/h4,6,8-9,15H,5,7H2,1-3H3,(H,16,19)(H,17,18). The second-order valence-electron chi connectivity index (χ2n) is 5.02. The molecule has 0 spiro atoms. The molecule has 1 aliphatic rings. The lowest BCUT2D eigenvalue weighted by molar-refractivity contribution is -0.117. The van der Waals surface area contributed by atoms with E-state index in [-0.39, 0.29) is 17.9 Å². The SMILES string of the molecule is COC(OC)C(C)NC(=O)c1ccc2c(c1)CCC(=O)N2. The molecule has 6 nitrogen and oxygen atoms in total. The van der Waals surface area contributed by atoms with Gasteiger partial charge in [0.15, 0.2) is 6.29 Å². The van der Waals surface area contributed by atoms with Gasteiger partial charge < -0.3 is 20.1 Å². The number of aryl methyl sites for hydroxylation is 1. The van der Waals surface area contributed by atoms with Gasteiger partial charge in [-0.3, -0.25) is 9.59 Å². The number of nitrogens with one attached hydrogen (secondary N) is 2.